The number of alkyl halides is 3. The first kappa shape index (κ1) is 20.3. The van der Waals surface area contributed by atoms with Crippen LogP contribution in [-0.2, 0) is 22.2 Å². The van der Waals surface area contributed by atoms with Crippen LogP contribution in [0.3, 0.4) is 0 Å². The summed E-state index contributed by atoms with van der Waals surface area (Å²) in [5.74, 6) is -1.71. The third kappa shape index (κ3) is 6.32. The third-order valence-electron chi connectivity index (χ3n) is 3.75. The molecule has 2 aromatic carbocycles. The minimum atomic E-state index is -4.43. The van der Waals surface area contributed by atoms with Crippen LogP contribution >= 0.6 is 0 Å². The van der Waals surface area contributed by atoms with Gasteiger partial charge in [-0.3, -0.25) is 9.59 Å². The van der Waals surface area contributed by atoms with Gasteiger partial charge in [0.25, 0.3) is 5.91 Å². The fourth-order valence-electron chi connectivity index (χ4n) is 2.25. The van der Waals surface area contributed by atoms with Gasteiger partial charge in [-0.1, -0.05) is 19.1 Å². The molecule has 0 fully saturated rings. The molecule has 0 saturated heterocycles. The molecule has 144 valence electrons. The normalized spacial score (nSPS) is 12.3. The lowest BCUT2D eigenvalue weighted by Gasteiger charge is -2.10. The highest BCUT2D eigenvalue weighted by Crippen LogP contribution is 2.30. The number of rotatable bonds is 7. The van der Waals surface area contributed by atoms with Gasteiger partial charge in [-0.05, 0) is 48.4 Å². The van der Waals surface area contributed by atoms with Crippen LogP contribution < -0.4 is 10.1 Å². The summed E-state index contributed by atoms with van der Waals surface area (Å²) < 4.78 is 42.6. The van der Waals surface area contributed by atoms with Gasteiger partial charge in [0.2, 0.25) is 0 Å². The minimum Gasteiger partial charge on any atom is -0.484 e. The van der Waals surface area contributed by atoms with Gasteiger partial charge in [0, 0.05) is 5.69 Å². The van der Waals surface area contributed by atoms with Crippen LogP contribution in [0.4, 0.5) is 18.9 Å². The van der Waals surface area contributed by atoms with E-state index < -0.39 is 29.5 Å². The highest BCUT2D eigenvalue weighted by molar-refractivity contribution is 5.91. The van der Waals surface area contributed by atoms with Crippen molar-refractivity contribution in [2.24, 2.45) is 5.92 Å². The molecule has 2 aromatic rings. The predicted octanol–water partition coefficient (Wildman–Crippen LogP) is 3.99. The molecular weight excluding hydrogens is 363 g/mol. The first-order valence-corrected chi connectivity index (χ1v) is 8.07. The number of carboxylic acids is 1. The summed E-state index contributed by atoms with van der Waals surface area (Å²) in [6, 6.07) is 10.8. The van der Waals surface area contributed by atoms with Crippen LogP contribution in [0.5, 0.6) is 5.75 Å². The second kappa shape index (κ2) is 8.57. The molecule has 2 N–H and O–H groups in total. The number of ether oxygens (including phenoxy) is 1. The van der Waals surface area contributed by atoms with E-state index in [2.05, 4.69) is 5.32 Å². The second-order valence-electron chi connectivity index (χ2n) is 6.00. The molecule has 0 heterocycles. The lowest BCUT2D eigenvalue weighted by Crippen LogP contribution is -2.20. The SMILES string of the molecule is CC(Cc1ccc(NC(=O)COc2ccc(C(F)(F)F)cc2)cc1)C(=O)O. The molecule has 0 aromatic heterocycles. The number of benzene rings is 2. The maximum Gasteiger partial charge on any atom is 0.416 e. The molecule has 1 atom stereocenters. The Hall–Kier alpha value is -3.03. The minimum absolute atomic E-state index is 0.149. The van der Waals surface area contributed by atoms with Gasteiger partial charge in [0.05, 0.1) is 11.5 Å². The van der Waals surface area contributed by atoms with Gasteiger partial charge in [0.1, 0.15) is 5.75 Å². The first-order chi connectivity index (χ1) is 12.6. The van der Waals surface area contributed by atoms with Crippen LogP contribution in [0.1, 0.15) is 18.1 Å². The fraction of sp³-hybridized carbons (Fsp3) is 0.263. The number of hydrogen-bond donors (Lipinski definition) is 2. The quantitative estimate of drug-likeness (QED) is 0.761. The van der Waals surface area contributed by atoms with Crippen molar-refractivity contribution in [1.82, 2.24) is 0 Å². The Balaban J connectivity index is 1.84. The van der Waals surface area contributed by atoms with E-state index in [1.807, 2.05) is 0 Å². The van der Waals surface area contributed by atoms with Crippen LogP contribution in [0.25, 0.3) is 0 Å². The Morgan fingerprint density at radius 1 is 1.07 bits per heavy atom. The third-order valence-corrected chi connectivity index (χ3v) is 3.75. The zero-order chi connectivity index (χ0) is 20.0. The van der Waals surface area contributed by atoms with Gasteiger partial charge < -0.3 is 15.2 Å². The predicted molar refractivity (Wildman–Crippen MR) is 92.5 cm³/mol. The monoisotopic (exact) mass is 381 g/mol. The summed E-state index contributed by atoms with van der Waals surface area (Å²) in [6.45, 7) is 1.25. The van der Waals surface area contributed by atoms with E-state index in [0.29, 0.717) is 12.1 Å². The highest BCUT2D eigenvalue weighted by Gasteiger charge is 2.30. The lowest BCUT2D eigenvalue weighted by molar-refractivity contribution is -0.141. The van der Waals surface area contributed by atoms with E-state index in [0.717, 1.165) is 29.8 Å². The molecule has 1 amide bonds. The zero-order valence-electron chi connectivity index (χ0n) is 14.4. The van der Waals surface area contributed by atoms with E-state index in [1.165, 1.54) is 0 Å². The van der Waals surface area contributed by atoms with E-state index in [9.17, 15) is 22.8 Å². The van der Waals surface area contributed by atoms with Crippen molar-refractivity contribution in [3.05, 3.63) is 59.7 Å². The largest absolute Gasteiger partial charge is 0.484 e. The molecule has 0 aliphatic carbocycles. The molecule has 27 heavy (non-hydrogen) atoms. The van der Waals surface area contributed by atoms with Crippen LogP contribution in [0, 0.1) is 5.92 Å². The average molecular weight is 381 g/mol. The van der Waals surface area contributed by atoms with Crippen molar-refractivity contribution >= 4 is 17.6 Å². The Labute approximate surface area is 153 Å². The van der Waals surface area contributed by atoms with Crippen molar-refractivity contribution in [1.29, 1.82) is 0 Å². The molecular formula is C19H18F3NO4. The molecule has 0 bridgehead atoms. The van der Waals surface area contributed by atoms with E-state index in [-0.39, 0.29) is 12.4 Å². The average Bonchev–Trinajstić information content (AvgIpc) is 2.61. The number of halogens is 3. The van der Waals surface area contributed by atoms with Gasteiger partial charge in [-0.2, -0.15) is 13.2 Å². The van der Waals surface area contributed by atoms with Crippen molar-refractivity contribution in [3.8, 4) is 5.75 Å². The summed E-state index contributed by atoms with van der Waals surface area (Å²) in [7, 11) is 0. The topological polar surface area (TPSA) is 75.6 Å². The summed E-state index contributed by atoms with van der Waals surface area (Å²) >= 11 is 0. The molecule has 5 nitrogen and oxygen atoms in total. The summed E-state index contributed by atoms with van der Waals surface area (Å²) in [6.07, 6.45) is -4.05. The molecule has 1 unspecified atom stereocenters. The number of anilines is 1. The number of carbonyl (C=O) groups is 2. The number of carboxylic acid groups (broad SMARTS) is 1. The first-order valence-electron chi connectivity index (χ1n) is 8.07. The Morgan fingerprint density at radius 2 is 1.67 bits per heavy atom. The van der Waals surface area contributed by atoms with Crippen molar-refractivity contribution in [3.63, 3.8) is 0 Å². The molecule has 8 heteroatoms. The number of amides is 1. The van der Waals surface area contributed by atoms with Crippen molar-refractivity contribution < 1.29 is 32.6 Å². The van der Waals surface area contributed by atoms with E-state index >= 15 is 0 Å². The standard InChI is InChI=1S/C19H18F3NO4/c1-12(18(25)26)10-13-2-6-15(7-3-13)23-17(24)11-27-16-8-4-14(5-9-16)19(20,21)22/h2-9,12H,10-11H2,1H3,(H,23,24)(H,25,26). The van der Waals surface area contributed by atoms with Crippen molar-refractivity contribution in [2.75, 3.05) is 11.9 Å². The zero-order valence-corrected chi connectivity index (χ0v) is 14.4. The number of nitrogens with one attached hydrogen (secondary N) is 1. The van der Waals surface area contributed by atoms with Gasteiger partial charge in [-0.15, -0.1) is 0 Å². The van der Waals surface area contributed by atoms with Gasteiger partial charge >= 0.3 is 12.1 Å². The summed E-state index contributed by atoms with van der Waals surface area (Å²) in [5.41, 5.74) is 0.531. The van der Waals surface area contributed by atoms with Crippen LogP contribution in [0.15, 0.2) is 48.5 Å². The highest BCUT2D eigenvalue weighted by atomic mass is 19.4. The number of aliphatic carboxylic acids is 1. The van der Waals surface area contributed by atoms with E-state index in [4.69, 9.17) is 9.84 Å². The fourth-order valence-corrected chi connectivity index (χ4v) is 2.25. The van der Waals surface area contributed by atoms with Crippen LogP contribution in [0.2, 0.25) is 0 Å². The maximum absolute atomic E-state index is 12.5. The molecule has 0 saturated carbocycles. The Kier molecular flexibility index (Phi) is 6.44. The Bertz CT molecular complexity index is 786. The number of carbonyl (C=O) groups excluding carboxylic acids is 1. The van der Waals surface area contributed by atoms with E-state index in [1.54, 1.807) is 31.2 Å². The van der Waals surface area contributed by atoms with Gasteiger partial charge in [-0.25, -0.2) is 0 Å². The molecule has 0 aliphatic rings. The summed E-state index contributed by atoms with van der Waals surface area (Å²) in [4.78, 5) is 22.7. The van der Waals surface area contributed by atoms with Crippen LogP contribution in [-0.4, -0.2) is 23.6 Å². The second-order valence-corrected chi connectivity index (χ2v) is 6.00. The molecule has 2 rings (SSSR count). The lowest BCUT2D eigenvalue weighted by atomic mass is 10.0. The molecule has 0 radical (unpaired) electrons. The van der Waals surface area contributed by atoms with Gasteiger partial charge in [0.15, 0.2) is 6.61 Å². The Morgan fingerprint density at radius 3 is 2.19 bits per heavy atom. The maximum atomic E-state index is 12.5. The molecule has 0 spiro atoms. The molecule has 0 aliphatic heterocycles. The smallest absolute Gasteiger partial charge is 0.416 e. The number of hydrogen-bond acceptors (Lipinski definition) is 3. The summed E-state index contributed by atoms with van der Waals surface area (Å²) in [5, 5.41) is 11.5. The van der Waals surface area contributed by atoms with Crippen molar-refractivity contribution in [2.45, 2.75) is 19.5 Å².